The molecule has 0 heterocycles. The van der Waals surface area contributed by atoms with E-state index in [4.69, 9.17) is 0 Å². The van der Waals surface area contributed by atoms with E-state index in [1.54, 1.807) is 0 Å². The Morgan fingerprint density at radius 1 is 1.24 bits per heavy atom. The van der Waals surface area contributed by atoms with Crippen LogP contribution in [0.2, 0.25) is 0 Å². The van der Waals surface area contributed by atoms with E-state index in [9.17, 15) is 0 Å². The summed E-state index contributed by atoms with van der Waals surface area (Å²) in [5.74, 6) is 0. The van der Waals surface area contributed by atoms with Crippen molar-refractivity contribution in [2.24, 2.45) is 0 Å². The van der Waals surface area contributed by atoms with Crippen molar-refractivity contribution in [3.8, 4) is 0 Å². The summed E-state index contributed by atoms with van der Waals surface area (Å²) in [6.45, 7) is 11.6. The molecule has 0 amide bonds. The largest absolute Gasteiger partial charge is 0.308 e. The Morgan fingerprint density at radius 3 is 2.47 bits per heavy atom. The molecule has 17 heavy (non-hydrogen) atoms. The third-order valence-corrected chi connectivity index (χ3v) is 3.20. The summed E-state index contributed by atoms with van der Waals surface area (Å²) in [5, 5.41) is 3.58. The van der Waals surface area contributed by atoms with Gasteiger partial charge in [0.2, 0.25) is 0 Å². The van der Waals surface area contributed by atoms with Crippen LogP contribution in [0.5, 0.6) is 0 Å². The van der Waals surface area contributed by atoms with Crippen LogP contribution in [-0.2, 0) is 6.42 Å². The van der Waals surface area contributed by atoms with E-state index < -0.39 is 0 Å². The molecular weight excluding hydrogens is 206 g/mol. The summed E-state index contributed by atoms with van der Waals surface area (Å²) in [4.78, 5) is 0. The van der Waals surface area contributed by atoms with Gasteiger partial charge >= 0.3 is 0 Å². The first-order valence-corrected chi connectivity index (χ1v) is 6.49. The first-order chi connectivity index (χ1) is 8.03. The molecule has 0 bridgehead atoms. The molecule has 0 aromatic heterocycles. The molecule has 0 atom stereocenters. The number of rotatable bonds is 7. The molecule has 0 aliphatic heterocycles. The van der Waals surface area contributed by atoms with Crippen molar-refractivity contribution in [2.45, 2.75) is 45.6 Å². The van der Waals surface area contributed by atoms with Crippen molar-refractivity contribution in [3.05, 3.63) is 48.0 Å². The molecule has 0 saturated carbocycles. The molecule has 94 valence electrons. The van der Waals surface area contributed by atoms with Crippen LogP contribution >= 0.6 is 0 Å². The molecule has 0 spiro atoms. The van der Waals surface area contributed by atoms with E-state index in [2.05, 4.69) is 63.0 Å². The average Bonchev–Trinajstić information content (AvgIpc) is 2.35. The highest BCUT2D eigenvalue weighted by molar-refractivity contribution is 5.15. The monoisotopic (exact) mass is 231 g/mol. The van der Waals surface area contributed by atoms with Gasteiger partial charge in [0.25, 0.3) is 0 Å². The first kappa shape index (κ1) is 14.0. The minimum Gasteiger partial charge on any atom is -0.308 e. The van der Waals surface area contributed by atoms with Crippen molar-refractivity contribution in [2.75, 3.05) is 6.54 Å². The number of aryl methyl sites for hydroxylation is 1. The lowest BCUT2D eigenvalue weighted by atomic mass is 9.95. The summed E-state index contributed by atoms with van der Waals surface area (Å²) in [6.07, 6.45) is 3.33. The second-order valence-corrected chi connectivity index (χ2v) is 5.33. The van der Waals surface area contributed by atoms with Crippen LogP contribution in [0.3, 0.4) is 0 Å². The van der Waals surface area contributed by atoms with E-state index in [-0.39, 0.29) is 5.54 Å². The van der Waals surface area contributed by atoms with Gasteiger partial charge in [-0.05, 0) is 38.7 Å². The second kappa shape index (κ2) is 6.61. The molecule has 0 aliphatic carbocycles. The standard InChI is InChI=1S/C16H25N/c1-5-14(2)13-17-16(3,4)12-11-15-9-7-6-8-10-15/h6-10,17H,2,5,11-13H2,1,3-4H3. The van der Waals surface area contributed by atoms with E-state index >= 15 is 0 Å². The van der Waals surface area contributed by atoms with E-state index in [0.29, 0.717) is 0 Å². The summed E-state index contributed by atoms with van der Waals surface area (Å²) in [6, 6.07) is 10.7. The first-order valence-electron chi connectivity index (χ1n) is 6.49. The van der Waals surface area contributed by atoms with Crippen LogP contribution in [-0.4, -0.2) is 12.1 Å². The predicted molar refractivity (Wildman–Crippen MR) is 76.3 cm³/mol. The molecule has 1 nitrogen and oxygen atoms in total. The van der Waals surface area contributed by atoms with Crippen LogP contribution in [0, 0.1) is 0 Å². The van der Waals surface area contributed by atoms with Crippen molar-refractivity contribution in [1.29, 1.82) is 0 Å². The molecule has 1 heteroatoms. The Kier molecular flexibility index (Phi) is 5.43. The maximum absolute atomic E-state index is 4.03. The lowest BCUT2D eigenvalue weighted by molar-refractivity contribution is 0.374. The maximum Gasteiger partial charge on any atom is 0.0166 e. The van der Waals surface area contributed by atoms with Crippen molar-refractivity contribution in [3.63, 3.8) is 0 Å². The Hall–Kier alpha value is -1.08. The van der Waals surface area contributed by atoms with Gasteiger partial charge in [-0.25, -0.2) is 0 Å². The van der Waals surface area contributed by atoms with Crippen LogP contribution in [0.1, 0.15) is 39.2 Å². The van der Waals surface area contributed by atoms with Gasteiger partial charge in [0.05, 0.1) is 0 Å². The van der Waals surface area contributed by atoms with Crippen molar-refractivity contribution in [1.82, 2.24) is 5.32 Å². The van der Waals surface area contributed by atoms with Gasteiger partial charge in [-0.15, -0.1) is 0 Å². The Morgan fingerprint density at radius 2 is 1.88 bits per heavy atom. The fraction of sp³-hybridized carbons (Fsp3) is 0.500. The third-order valence-electron chi connectivity index (χ3n) is 3.20. The molecular formula is C16H25N. The molecule has 1 N–H and O–H groups in total. The summed E-state index contributed by atoms with van der Waals surface area (Å²) >= 11 is 0. The fourth-order valence-electron chi connectivity index (χ4n) is 1.68. The normalized spacial score (nSPS) is 11.5. The quantitative estimate of drug-likeness (QED) is 0.701. The maximum atomic E-state index is 4.03. The second-order valence-electron chi connectivity index (χ2n) is 5.33. The minimum absolute atomic E-state index is 0.175. The van der Waals surface area contributed by atoms with Crippen LogP contribution < -0.4 is 5.32 Å². The molecule has 0 unspecified atom stereocenters. The van der Waals surface area contributed by atoms with Gasteiger partial charge in [-0.3, -0.25) is 0 Å². The van der Waals surface area contributed by atoms with E-state index in [1.807, 2.05) is 0 Å². The van der Waals surface area contributed by atoms with Crippen LogP contribution in [0.15, 0.2) is 42.5 Å². The zero-order valence-electron chi connectivity index (χ0n) is 11.4. The molecule has 1 aromatic carbocycles. The smallest absolute Gasteiger partial charge is 0.0166 e. The van der Waals surface area contributed by atoms with Gasteiger partial charge in [0.15, 0.2) is 0 Å². The van der Waals surface area contributed by atoms with Crippen LogP contribution in [0.25, 0.3) is 0 Å². The molecule has 0 saturated heterocycles. The summed E-state index contributed by atoms with van der Waals surface area (Å²) < 4.78 is 0. The van der Waals surface area contributed by atoms with Gasteiger partial charge < -0.3 is 5.32 Å². The highest BCUT2D eigenvalue weighted by Crippen LogP contribution is 2.14. The summed E-state index contributed by atoms with van der Waals surface area (Å²) in [5.41, 5.74) is 2.86. The number of nitrogens with one attached hydrogen (secondary N) is 1. The van der Waals surface area contributed by atoms with Gasteiger partial charge in [0, 0.05) is 12.1 Å². The van der Waals surface area contributed by atoms with E-state index in [1.165, 1.54) is 11.1 Å². The minimum atomic E-state index is 0.175. The highest BCUT2D eigenvalue weighted by Gasteiger charge is 2.16. The van der Waals surface area contributed by atoms with Gasteiger partial charge in [-0.2, -0.15) is 0 Å². The highest BCUT2D eigenvalue weighted by atomic mass is 14.9. The van der Waals surface area contributed by atoms with Crippen molar-refractivity contribution >= 4 is 0 Å². The number of hydrogen-bond acceptors (Lipinski definition) is 1. The lowest BCUT2D eigenvalue weighted by Gasteiger charge is -2.27. The topological polar surface area (TPSA) is 12.0 Å². The zero-order valence-corrected chi connectivity index (χ0v) is 11.4. The zero-order chi connectivity index (χ0) is 12.7. The van der Waals surface area contributed by atoms with Crippen molar-refractivity contribution < 1.29 is 0 Å². The Bertz CT molecular complexity index is 338. The molecule has 0 aliphatic rings. The SMILES string of the molecule is C=C(CC)CNC(C)(C)CCc1ccccc1. The Balaban J connectivity index is 2.36. The average molecular weight is 231 g/mol. The fourth-order valence-corrected chi connectivity index (χ4v) is 1.68. The molecule has 0 radical (unpaired) electrons. The molecule has 0 fully saturated rings. The number of benzene rings is 1. The molecule has 1 aromatic rings. The third kappa shape index (κ3) is 5.69. The number of hydrogen-bond donors (Lipinski definition) is 1. The molecule has 1 rings (SSSR count). The summed E-state index contributed by atoms with van der Waals surface area (Å²) in [7, 11) is 0. The Labute approximate surface area is 106 Å². The lowest BCUT2D eigenvalue weighted by Crippen LogP contribution is -2.40. The van der Waals surface area contributed by atoms with Crippen LogP contribution in [0.4, 0.5) is 0 Å². The predicted octanol–water partition coefficient (Wildman–Crippen LogP) is 3.95. The van der Waals surface area contributed by atoms with Gasteiger partial charge in [0.1, 0.15) is 0 Å². The van der Waals surface area contributed by atoms with E-state index in [0.717, 1.165) is 25.8 Å². The van der Waals surface area contributed by atoms with Gasteiger partial charge in [-0.1, -0.05) is 49.4 Å².